The standard InChI is InChI=1S/C18H28N2O.ClH/c1-3-11-18(2,19)17(21)20-12-9-16(10-13-20)14-15-7-5-4-6-8-15;/h4-8,16H,3,9-14,19H2,1-2H3;1H. The third-order valence-electron chi connectivity index (χ3n) is 4.53. The van der Waals surface area contributed by atoms with Crippen LogP contribution in [0.5, 0.6) is 0 Å². The van der Waals surface area contributed by atoms with Crippen LogP contribution in [0.2, 0.25) is 0 Å². The molecule has 2 rings (SSSR count). The molecule has 1 heterocycles. The van der Waals surface area contributed by atoms with Gasteiger partial charge in [0, 0.05) is 13.1 Å². The molecule has 0 aliphatic carbocycles. The van der Waals surface area contributed by atoms with E-state index in [4.69, 9.17) is 5.73 Å². The van der Waals surface area contributed by atoms with Crippen molar-refractivity contribution in [3.05, 3.63) is 35.9 Å². The fraction of sp³-hybridized carbons (Fsp3) is 0.611. The van der Waals surface area contributed by atoms with Gasteiger partial charge in [-0.05, 0) is 44.1 Å². The van der Waals surface area contributed by atoms with Gasteiger partial charge in [0.2, 0.25) is 5.91 Å². The number of benzene rings is 1. The van der Waals surface area contributed by atoms with E-state index in [1.807, 2.05) is 11.8 Å². The van der Waals surface area contributed by atoms with Gasteiger partial charge in [-0.3, -0.25) is 4.79 Å². The van der Waals surface area contributed by atoms with Crippen molar-refractivity contribution in [3.63, 3.8) is 0 Å². The Bertz CT molecular complexity index is 453. The predicted molar refractivity (Wildman–Crippen MR) is 94.2 cm³/mol. The maximum Gasteiger partial charge on any atom is 0.242 e. The Labute approximate surface area is 140 Å². The van der Waals surface area contributed by atoms with Crippen molar-refractivity contribution in [2.75, 3.05) is 13.1 Å². The molecule has 0 saturated carbocycles. The van der Waals surface area contributed by atoms with Crippen LogP contribution in [0.3, 0.4) is 0 Å². The average Bonchev–Trinajstić information content (AvgIpc) is 2.48. The zero-order chi connectivity index (χ0) is 15.3. The van der Waals surface area contributed by atoms with Gasteiger partial charge in [-0.2, -0.15) is 0 Å². The summed E-state index contributed by atoms with van der Waals surface area (Å²) in [7, 11) is 0. The van der Waals surface area contributed by atoms with Gasteiger partial charge in [0.1, 0.15) is 0 Å². The first-order valence-electron chi connectivity index (χ1n) is 8.15. The summed E-state index contributed by atoms with van der Waals surface area (Å²) in [6.45, 7) is 5.65. The fourth-order valence-electron chi connectivity index (χ4n) is 3.28. The minimum absolute atomic E-state index is 0. The third-order valence-corrected chi connectivity index (χ3v) is 4.53. The number of nitrogens with two attached hydrogens (primary N) is 1. The molecular formula is C18H29ClN2O. The molecule has 1 aromatic rings. The molecule has 0 radical (unpaired) electrons. The summed E-state index contributed by atoms with van der Waals surface area (Å²) in [5.41, 5.74) is 6.88. The second kappa shape index (κ2) is 8.54. The monoisotopic (exact) mass is 324 g/mol. The van der Waals surface area contributed by atoms with Gasteiger partial charge in [0.25, 0.3) is 0 Å². The lowest BCUT2D eigenvalue weighted by atomic mass is 9.88. The molecule has 0 aromatic heterocycles. The predicted octanol–water partition coefficient (Wildman–Crippen LogP) is 3.41. The second-order valence-electron chi connectivity index (χ2n) is 6.59. The number of nitrogens with zero attached hydrogens (tertiary/aromatic N) is 1. The first-order valence-corrected chi connectivity index (χ1v) is 8.15. The highest BCUT2D eigenvalue weighted by atomic mass is 35.5. The van der Waals surface area contributed by atoms with Crippen LogP contribution in [0.25, 0.3) is 0 Å². The normalized spacial score (nSPS) is 18.4. The van der Waals surface area contributed by atoms with Gasteiger partial charge in [-0.15, -0.1) is 12.4 Å². The Balaban J connectivity index is 0.00000242. The van der Waals surface area contributed by atoms with Crippen LogP contribution in [0.15, 0.2) is 30.3 Å². The number of halogens is 1. The molecule has 2 N–H and O–H groups in total. The van der Waals surface area contributed by atoms with E-state index in [-0.39, 0.29) is 18.3 Å². The van der Waals surface area contributed by atoms with E-state index in [9.17, 15) is 4.79 Å². The summed E-state index contributed by atoms with van der Waals surface area (Å²) < 4.78 is 0. The topological polar surface area (TPSA) is 46.3 Å². The van der Waals surface area contributed by atoms with Gasteiger partial charge in [-0.25, -0.2) is 0 Å². The average molecular weight is 325 g/mol. The zero-order valence-corrected chi connectivity index (χ0v) is 14.6. The minimum atomic E-state index is -0.693. The van der Waals surface area contributed by atoms with Crippen LogP contribution < -0.4 is 5.73 Å². The number of carbonyl (C=O) groups excluding carboxylic acids is 1. The maximum absolute atomic E-state index is 12.5. The Morgan fingerprint density at radius 1 is 1.27 bits per heavy atom. The summed E-state index contributed by atoms with van der Waals surface area (Å²) in [6.07, 6.45) is 5.00. The number of amides is 1. The molecule has 0 spiro atoms. The first kappa shape index (κ1) is 19.0. The number of likely N-dealkylation sites (tertiary alicyclic amines) is 1. The van der Waals surface area contributed by atoms with E-state index in [1.54, 1.807) is 0 Å². The van der Waals surface area contributed by atoms with E-state index in [2.05, 4.69) is 37.3 Å². The Morgan fingerprint density at radius 2 is 1.86 bits per heavy atom. The Kier molecular flexibility index (Phi) is 7.37. The number of piperidine rings is 1. The van der Waals surface area contributed by atoms with Crippen LogP contribution >= 0.6 is 12.4 Å². The van der Waals surface area contributed by atoms with Crippen LogP contribution in [0.1, 0.15) is 45.1 Å². The fourth-order valence-corrected chi connectivity index (χ4v) is 3.28. The molecule has 124 valence electrons. The van der Waals surface area contributed by atoms with Crippen LogP contribution in [-0.4, -0.2) is 29.4 Å². The Morgan fingerprint density at radius 3 is 2.41 bits per heavy atom. The summed E-state index contributed by atoms with van der Waals surface area (Å²) in [5, 5.41) is 0. The maximum atomic E-state index is 12.5. The van der Waals surface area contributed by atoms with Gasteiger partial charge < -0.3 is 10.6 Å². The van der Waals surface area contributed by atoms with Crippen molar-refractivity contribution in [3.8, 4) is 0 Å². The molecule has 0 bridgehead atoms. The van der Waals surface area contributed by atoms with E-state index < -0.39 is 5.54 Å². The molecule has 3 nitrogen and oxygen atoms in total. The Hall–Kier alpha value is -1.06. The SMILES string of the molecule is CCCC(C)(N)C(=O)N1CCC(Cc2ccccc2)CC1.Cl. The molecule has 1 amide bonds. The quantitative estimate of drug-likeness (QED) is 0.902. The van der Waals surface area contributed by atoms with Gasteiger partial charge in [0.05, 0.1) is 5.54 Å². The van der Waals surface area contributed by atoms with Crippen molar-refractivity contribution < 1.29 is 4.79 Å². The molecule has 1 aliphatic heterocycles. The molecule has 4 heteroatoms. The van der Waals surface area contributed by atoms with Crippen LogP contribution in [0, 0.1) is 5.92 Å². The highest BCUT2D eigenvalue weighted by Gasteiger charge is 2.33. The lowest BCUT2D eigenvalue weighted by Gasteiger charge is -2.37. The number of rotatable bonds is 5. The highest BCUT2D eigenvalue weighted by molar-refractivity contribution is 5.86. The largest absolute Gasteiger partial charge is 0.341 e. The summed E-state index contributed by atoms with van der Waals surface area (Å²) in [6, 6.07) is 10.6. The minimum Gasteiger partial charge on any atom is -0.341 e. The van der Waals surface area contributed by atoms with Crippen LogP contribution in [-0.2, 0) is 11.2 Å². The van der Waals surface area contributed by atoms with Gasteiger partial charge in [-0.1, -0.05) is 43.7 Å². The van der Waals surface area contributed by atoms with Crippen molar-refractivity contribution in [1.29, 1.82) is 0 Å². The third kappa shape index (κ3) is 4.99. The molecule has 1 saturated heterocycles. The van der Waals surface area contributed by atoms with Crippen molar-refractivity contribution in [1.82, 2.24) is 4.90 Å². The molecular weight excluding hydrogens is 296 g/mol. The number of hydrogen-bond acceptors (Lipinski definition) is 2. The van der Waals surface area contributed by atoms with Crippen molar-refractivity contribution in [2.45, 2.75) is 51.5 Å². The molecule has 22 heavy (non-hydrogen) atoms. The van der Waals surface area contributed by atoms with Gasteiger partial charge >= 0.3 is 0 Å². The second-order valence-corrected chi connectivity index (χ2v) is 6.59. The molecule has 1 fully saturated rings. The van der Waals surface area contributed by atoms with E-state index in [0.717, 1.165) is 45.2 Å². The van der Waals surface area contributed by atoms with Crippen molar-refractivity contribution in [2.24, 2.45) is 11.7 Å². The van der Waals surface area contributed by atoms with E-state index >= 15 is 0 Å². The number of carbonyl (C=O) groups is 1. The van der Waals surface area contributed by atoms with Crippen LogP contribution in [0.4, 0.5) is 0 Å². The molecule has 1 unspecified atom stereocenters. The summed E-state index contributed by atoms with van der Waals surface area (Å²) >= 11 is 0. The molecule has 1 aromatic carbocycles. The lowest BCUT2D eigenvalue weighted by Crippen LogP contribution is -2.55. The van der Waals surface area contributed by atoms with E-state index in [1.165, 1.54) is 5.56 Å². The zero-order valence-electron chi connectivity index (χ0n) is 13.8. The molecule has 1 atom stereocenters. The smallest absolute Gasteiger partial charge is 0.242 e. The lowest BCUT2D eigenvalue weighted by molar-refractivity contribution is -0.138. The summed E-state index contributed by atoms with van der Waals surface area (Å²) in [5.74, 6) is 0.814. The molecule has 1 aliphatic rings. The highest BCUT2D eigenvalue weighted by Crippen LogP contribution is 2.24. The first-order chi connectivity index (χ1) is 10.0. The van der Waals surface area contributed by atoms with E-state index in [0.29, 0.717) is 5.92 Å². The number of hydrogen-bond donors (Lipinski definition) is 1. The van der Waals surface area contributed by atoms with Gasteiger partial charge in [0.15, 0.2) is 0 Å². The van der Waals surface area contributed by atoms with Crippen molar-refractivity contribution >= 4 is 18.3 Å². The summed E-state index contributed by atoms with van der Waals surface area (Å²) in [4.78, 5) is 14.4.